The number of hydrogen-bond donors (Lipinski definition) is 2. The lowest BCUT2D eigenvalue weighted by Gasteiger charge is -2.12. The normalized spacial score (nSPS) is 18.4. The van der Waals surface area contributed by atoms with Gasteiger partial charge in [0, 0.05) is 6.04 Å². The first-order valence-electron chi connectivity index (χ1n) is 6.27. The molecule has 1 aliphatic carbocycles. The fourth-order valence-corrected chi connectivity index (χ4v) is 1.67. The lowest BCUT2D eigenvalue weighted by molar-refractivity contribution is 0.457. The average Bonchev–Trinajstić information content (AvgIpc) is 2.97. The summed E-state index contributed by atoms with van der Waals surface area (Å²) >= 11 is 0. The summed E-state index contributed by atoms with van der Waals surface area (Å²) in [5, 5.41) is 7.04. The molecule has 0 amide bonds. The van der Waals surface area contributed by atoms with Crippen LogP contribution < -0.4 is 10.6 Å². The quantitative estimate of drug-likeness (QED) is 0.555. The van der Waals surface area contributed by atoms with Gasteiger partial charge in [-0.3, -0.25) is 0 Å². The molecular formula is C12H26N2. The second-order valence-electron chi connectivity index (χ2n) is 4.68. The zero-order chi connectivity index (χ0) is 10.2. The molecule has 0 spiro atoms. The molecule has 1 unspecified atom stereocenters. The van der Waals surface area contributed by atoms with Crippen LogP contribution >= 0.6 is 0 Å². The van der Waals surface area contributed by atoms with Gasteiger partial charge in [-0.25, -0.2) is 0 Å². The standard InChI is InChI=1S/C12H26N2/c1-3-8-13-10-11(2)5-4-9-14-12-6-7-12/h11-14H,3-10H2,1-2H3. The van der Waals surface area contributed by atoms with Crippen molar-refractivity contribution in [2.75, 3.05) is 19.6 Å². The minimum atomic E-state index is 0.836. The maximum Gasteiger partial charge on any atom is 0.00682 e. The summed E-state index contributed by atoms with van der Waals surface area (Å²) in [7, 11) is 0. The van der Waals surface area contributed by atoms with Crippen LogP contribution in [-0.4, -0.2) is 25.7 Å². The minimum absolute atomic E-state index is 0.836. The van der Waals surface area contributed by atoms with Gasteiger partial charge in [0.15, 0.2) is 0 Å². The highest BCUT2D eigenvalue weighted by Crippen LogP contribution is 2.18. The van der Waals surface area contributed by atoms with E-state index < -0.39 is 0 Å². The van der Waals surface area contributed by atoms with Gasteiger partial charge < -0.3 is 10.6 Å². The number of nitrogens with one attached hydrogen (secondary N) is 2. The summed E-state index contributed by atoms with van der Waals surface area (Å²) in [6.07, 6.45) is 6.76. The Bertz CT molecular complexity index is 132. The van der Waals surface area contributed by atoms with E-state index in [-0.39, 0.29) is 0 Å². The molecule has 0 aromatic carbocycles. The van der Waals surface area contributed by atoms with Gasteiger partial charge in [-0.15, -0.1) is 0 Å². The highest BCUT2D eigenvalue weighted by Gasteiger charge is 2.19. The van der Waals surface area contributed by atoms with Gasteiger partial charge in [0.2, 0.25) is 0 Å². The molecule has 2 heteroatoms. The van der Waals surface area contributed by atoms with Gasteiger partial charge in [-0.2, -0.15) is 0 Å². The van der Waals surface area contributed by atoms with Crippen LogP contribution in [0.25, 0.3) is 0 Å². The second kappa shape index (κ2) is 7.24. The molecule has 0 saturated heterocycles. The minimum Gasteiger partial charge on any atom is -0.316 e. The van der Waals surface area contributed by atoms with Crippen molar-refractivity contribution in [3.8, 4) is 0 Å². The van der Waals surface area contributed by atoms with Crippen LogP contribution in [0.1, 0.15) is 46.0 Å². The fourth-order valence-electron chi connectivity index (χ4n) is 1.67. The first-order chi connectivity index (χ1) is 6.83. The van der Waals surface area contributed by atoms with Crippen molar-refractivity contribution in [1.82, 2.24) is 10.6 Å². The molecule has 84 valence electrons. The van der Waals surface area contributed by atoms with Crippen molar-refractivity contribution in [1.29, 1.82) is 0 Å². The SMILES string of the molecule is CCCNCC(C)CCCNC1CC1. The number of rotatable bonds is 9. The zero-order valence-electron chi connectivity index (χ0n) is 9.81. The summed E-state index contributed by atoms with van der Waals surface area (Å²) in [4.78, 5) is 0. The van der Waals surface area contributed by atoms with E-state index in [9.17, 15) is 0 Å². The van der Waals surface area contributed by atoms with E-state index in [1.54, 1.807) is 0 Å². The van der Waals surface area contributed by atoms with Crippen molar-refractivity contribution >= 4 is 0 Å². The summed E-state index contributed by atoms with van der Waals surface area (Å²) in [6.45, 7) is 8.15. The zero-order valence-corrected chi connectivity index (χ0v) is 9.81. The summed E-state index contributed by atoms with van der Waals surface area (Å²) < 4.78 is 0. The molecule has 1 fully saturated rings. The van der Waals surface area contributed by atoms with E-state index >= 15 is 0 Å². The van der Waals surface area contributed by atoms with E-state index in [0.29, 0.717) is 0 Å². The Kier molecular flexibility index (Phi) is 6.20. The Morgan fingerprint density at radius 2 is 2.07 bits per heavy atom. The van der Waals surface area contributed by atoms with Crippen LogP contribution in [-0.2, 0) is 0 Å². The fraction of sp³-hybridized carbons (Fsp3) is 1.00. The molecule has 1 atom stereocenters. The average molecular weight is 198 g/mol. The maximum atomic E-state index is 3.56. The Morgan fingerprint density at radius 1 is 1.29 bits per heavy atom. The van der Waals surface area contributed by atoms with Crippen LogP contribution in [0.3, 0.4) is 0 Å². The Labute approximate surface area is 88.8 Å². The molecule has 1 saturated carbocycles. The largest absolute Gasteiger partial charge is 0.316 e. The molecule has 0 aromatic rings. The van der Waals surface area contributed by atoms with Crippen molar-refractivity contribution in [2.45, 2.75) is 52.0 Å². The lowest BCUT2D eigenvalue weighted by atomic mass is 10.1. The summed E-state index contributed by atoms with van der Waals surface area (Å²) in [6, 6.07) is 0.878. The highest BCUT2D eigenvalue weighted by atomic mass is 14.9. The van der Waals surface area contributed by atoms with Gasteiger partial charge in [0.05, 0.1) is 0 Å². The van der Waals surface area contributed by atoms with E-state index in [1.807, 2.05) is 0 Å². The van der Waals surface area contributed by atoms with Crippen LogP contribution in [0.2, 0.25) is 0 Å². The second-order valence-corrected chi connectivity index (χ2v) is 4.68. The molecule has 0 aromatic heterocycles. The molecule has 2 N–H and O–H groups in total. The highest BCUT2D eigenvalue weighted by molar-refractivity contribution is 4.80. The van der Waals surface area contributed by atoms with Gasteiger partial charge in [0.1, 0.15) is 0 Å². The van der Waals surface area contributed by atoms with Crippen LogP contribution in [0.4, 0.5) is 0 Å². The maximum absolute atomic E-state index is 3.56. The molecule has 1 rings (SSSR count). The smallest absolute Gasteiger partial charge is 0.00682 e. The molecule has 1 aliphatic rings. The van der Waals surface area contributed by atoms with Gasteiger partial charge in [-0.05, 0) is 57.7 Å². The third-order valence-electron chi connectivity index (χ3n) is 2.80. The van der Waals surface area contributed by atoms with Crippen LogP contribution in [0.5, 0.6) is 0 Å². The molecule has 14 heavy (non-hydrogen) atoms. The van der Waals surface area contributed by atoms with E-state index in [1.165, 1.54) is 51.7 Å². The van der Waals surface area contributed by atoms with Crippen molar-refractivity contribution < 1.29 is 0 Å². The predicted molar refractivity (Wildman–Crippen MR) is 62.6 cm³/mol. The molecular weight excluding hydrogens is 172 g/mol. The summed E-state index contributed by atoms with van der Waals surface area (Å²) in [5.41, 5.74) is 0. The van der Waals surface area contributed by atoms with E-state index in [2.05, 4.69) is 24.5 Å². The van der Waals surface area contributed by atoms with Crippen molar-refractivity contribution in [3.63, 3.8) is 0 Å². The Hall–Kier alpha value is -0.0800. The molecule has 2 nitrogen and oxygen atoms in total. The van der Waals surface area contributed by atoms with Crippen molar-refractivity contribution in [2.24, 2.45) is 5.92 Å². The molecule has 0 bridgehead atoms. The number of hydrogen-bond acceptors (Lipinski definition) is 2. The predicted octanol–water partition coefficient (Wildman–Crippen LogP) is 2.15. The van der Waals surface area contributed by atoms with E-state index in [0.717, 1.165) is 12.0 Å². The van der Waals surface area contributed by atoms with Gasteiger partial charge >= 0.3 is 0 Å². The molecule has 0 heterocycles. The first kappa shape index (κ1) is 12.0. The molecule has 0 aliphatic heterocycles. The first-order valence-corrected chi connectivity index (χ1v) is 6.27. The Morgan fingerprint density at radius 3 is 2.71 bits per heavy atom. The lowest BCUT2D eigenvalue weighted by Crippen LogP contribution is -2.23. The summed E-state index contributed by atoms with van der Waals surface area (Å²) in [5.74, 6) is 0.836. The van der Waals surface area contributed by atoms with Gasteiger partial charge in [-0.1, -0.05) is 13.8 Å². The molecule has 0 radical (unpaired) electrons. The van der Waals surface area contributed by atoms with Crippen LogP contribution in [0.15, 0.2) is 0 Å². The third-order valence-corrected chi connectivity index (χ3v) is 2.80. The van der Waals surface area contributed by atoms with Gasteiger partial charge in [0.25, 0.3) is 0 Å². The third kappa shape index (κ3) is 6.39. The van der Waals surface area contributed by atoms with E-state index in [4.69, 9.17) is 0 Å². The Balaban J connectivity index is 1.78. The van der Waals surface area contributed by atoms with Crippen LogP contribution in [0, 0.1) is 5.92 Å². The topological polar surface area (TPSA) is 24.1 Å². The monoisotopic (exact) mass is 198 g/mol. The van der Waals surface area contributed by atoms with Crippen molar-refractivity contribution in [3.05, 3.63) is 0 Å².